The van der Waals surface area contributed by atoms with Crippen LogP contribution in [0.3, 0.4) is 0 Å². The van der Waals surface area contributed by atoms with Gasteiger partial charge in [0.05, 0.1) is 17.8 Å². The number of aliphatic hydroxyl groups excluding tert-OH is 1. The maximum Gasteiger partial charge on any atom is 0.199 e. The van der Waals surface area contributed by atoms with Gasteiger partial charge in [-0.25, -0.2) is 9.07 Å². The number of rotatable bonds is 3. The molecule has 0 spiro atoms. The highest BCUT2D eigenvalue weighted by Crippen LogP contribution is 2.42. The Kier molecular flexibility index (Phi) is 3.35. The lowest BCUT2D eigenvalue weighted by atomic mass is 10.1. The van der Waals surface area contributed by atoms with Gasteiger partial charge in [-0.05, 0) is 37.6 Å². The maximum absolute atomic E-state index is 14.1. The van der Waals surface area contributed by atoms with Crippen molar-refractivity contribution >= 4 is 10.8 Å². The summed E-state index contributed by atoms with van der Waals surface area (Å²) >= 11 is 0. The van der Waals surface area contributed by atoms with Gasteiger partial charge in [0.25, 0.3) is 0 Å². The molecule has 2 aromatic heterocycles. The van der Waals surface area contributed by atoms with E-state index in [1.54, 1.807) is 22.8 Å². The first-order valence-electron chi connectivity index (χ1n) is 8.74. The van der Waals surface area contributed by atoms with E-state index in [9.17, 15) is 14.6 Å². The van der Waals surface area contributed by atoms with Gasteiger partial charge in [0.1, 0.15) is 17.2 Å². The minimum absolute atomic E-state index is 0.0653. The average Bonchev–Trinajstić information content (AvgIpc) is 3.12. The minimum Gasteiger partial charge on any atom is -0.494 e. The van der Waals surface area contributed by atoms with Crippen molar-refractivity contribution in [2.45, 2.75) is 25.5 Å². The molecule has 5 rings (SSSR count). The number of aromatic hydroxyl groups is 1. The molecule has 1 fully saturated rings. The molecule has 2 heterocycles. The van der Waals surface area contributed by atoms with Crippen LogP contribution in [0.15, 0.2) is 48.7 Å². The van der Waals surface area contributed by atoms with Crippen molar-refractivity contribution < 1.29 is 14.6 Å². The lowest BCUT2D eigenvalue weighted by Gasteiger charge is -2.05. The largest absolute Gasteiger partial charge is 0.494 e. The zero-order valence-corrected chi connectivity index (χ0v) is 14.5. The van der Waals surface area contributed by atoms with Crippen LogP contribution >= 0.6 is 0 Å². The van der Waals surface area contributed by atoms with Crippen LogP contribution in [-0.4, -0.2) is 35.9 Å². The summed E-state index contributed by atoms with van der Waals surface area (Å²) < 4.78 is 17.3. The first-order valence-corrected chi connectivity index (χ1v) is 8.74. The normalized spacial score (nSPS) is 18.9. The molecule has 2 N–H and O–H groups in total. The Bertz CT molecular complexity index is 1180. The molecule has 1 aliphatic carbocycles. The molecule has 2 unspecified atom stereocenters. The lowest BCUT2D eigenvalue weighted by molar-refractivity contribution is 0.255. The number of benzene rings is 2. The van der Waals surface area contributed by atoms with Crippen molar-refractivity contribution in [2.75, 3.05) is 0 Å². The van der Waals surface area contributed by atoms with E-state index < -0.39 is 6.10 Å². The molecule has 0 aliphatic heterocycles. The van der Waals surface area contributed by atoms with E-state index in [4.69, 9.17) is 0 Å². The summed E-state index contributed by atoms with van der Waals surface area (Å²) in [6, 6.07) is 12.0. The lowest BCUT2D eigenvalue weighted by Crippen LogP contribution is -2.01. The van der Waals surface area contributed by atoms with Gasteiger partial charge >= 0.3 is 0 Å². The number of fused-ring (bicyclic) bond motifs is 1. The molecule has 2 atom stereocenters. The van der Waals surface area contributed by atoms with Crippen LogP contribution < -0.4 is 0 Å². The number of hydrogen-bond acceptors (Lipinski definition) is 4. The van der Waals surface area contributed by atoms with Crippen LogP contribution in [0.25, 0.3) is 27.7 Å². The fourth-order valence-corrected chi connectivity index (χ4v) is 3.54. The quantitative estimate of drug-likeness (QED) is 0.585. The third-order valence-electron chi connectivity index (χ3n) is 5.15. The van der Waals surface area contributed by atoms with E-state index in [0.29, 0.717) is 17.8 Å². The maximum atomic E-state index is 14.1. The number of nitrogens with zero attached hydrogens (tertiary/aromatic N) is 4. The minimum atomic E-state index is -0.403. The van der Waals surface area contributed by atoms with E-state index >= 15 is 0 Å². The number of para-hydroxylation sites is 1. The summed E-state index contributed by atoms with van der Waals surface area (Å²) in [6.45, 7) is 1.84. The number of aromatic nitrogens is 4. The van der Waals surface area contributed by atoms with E-state index in [-0.39, 0.29) is 17.7 Å². The van der Waals surface area contributed by atoms with Crippen molar-refractivity contribution in [3.05, 3.63) is 60.2 Å². The molecular weight excluding hydrogens is 347 g/mol. The Morgan fingerprint density at radius 3 is 2.70 bits per heavy atom. The zero-order valence-electron chi connectivity index (χ0n) is 14.5. The summed E-state index contributed by atoms with van der Waals surface area (Å²) in [4.78, 5) is 0. The predicted molar refractivity (Wildman–Crippen MR) is 98.3 cm³/mol. The summed E-state index contributed by atoms with van der Waals surface area (Å²) in [5.41, 5.74) is 2.55. The third kappa shape index (κ3) is 2.43. The summed E-state index contributed by atoms with van der Waals surface area (Å²) in [5.74, 6) is -0.206. The topological polar surface area (TPSA) is 76.1 Å². The van der Waals surface area contributed by atoms with Crippen LogP contribution in [0.2, 0.25) is 0 Å². The molecular formula is C20H17FN4O2. The second-order valence-electron chi connectivity index (χ2n) is 6.92. The standard InChI is InChI=1S/C20H17FN4O2/c1-11-19(22-23-25(11)16-5-3-2-4-15(16)21)12-6-7-14-13(8-12)10-24(20(14)27)17-9-18(17)26/h2-8,10,17-18,26-27H,9H2,1H3. The first-order chi connectivity index (χ1) is 13.0. The highest BCUT2D eigenvalue weighted by atomic mass is 19.1. The molecule has 1 aliphatic rings. The number of halogens is 1. The fraction of sp³-hybridized carbons (Fsp3) is 0.200. The molecule has 136 valence electrons. The Morgan fingerprint density at radius 1 is 1.19 bits per heavy atom. The van der Waals surface area contributed by atoms with Gasteiger partial charge < -0.3 is 14.8 Å². The van der Waals surface area contributed by atoms with Gasteiger partial charge in [0.15, 0.2) is 5.88 Å². The SMILES string of the molecule is Cc1c(-c2ccc3c(O)n(C4CC4O)cc3c2)nnn1-c1ccccc1F. The van der Waals surface area contributed by atoms with Crippen molar-refractivity contribution in [3.63, 3.8) is 0 Å². The van der Waals surface area contributed by atoms with E-state index in [1.165, 1.54) is 10.7 Å². The molecule has 6 nitrogen and oxygen atoms in total. The van der Waals surface area contributed by atoms with E-state index in [0.717, 1.165) is 22.0 Å². The van der Waals surface area contributed by atoms with Gasteiger partial charge in [-0.3, -0.25) is 0 Å². The molecule has 0 bridgehead atoms. The summed E-state index contributed by atoms with van der Waals surface area (Å²) in [6.07, 6.45) is 2.09. The van der Waals surface area contributed by atoms with Crippen LogP contribution in [0.1, 0.15) is 18.2 Å². The van der Waals surface area contributed by atoms with Gasteiger partial charge in [-0.2, -0.15) is 0 Å². The van der Waals surface area contributed by atoms with Crippen molar-refractivity contribution in [1.29, 1.82) is 0 Å². The smallest absolute Gasteiger partial charge is 0.199 e. The zero-order chi connectivity index (χ0) is 18.7. The molecule has 0 saturated heterocycles. The molecule has 0 amide bonds. The Balaban J connectivity index is 1.59. The fourth-order valence-electron chi connectivity index (χ4n) is 3.54. The predicted octanol–water partition coefficient (Wildman–Crippen LogP) is 3.35. The Labute approximate surface area is 154 Å². The van der Waals surface area contributed by atoms with Crippen LogP contribution in [0.4, 0.5) is 4.39 Å². The molecule has 4 aromatic rings. The number of hydrogen-bond donors (Lipinski definition) is 2. The van der Waals surface area contributed by atoms with Gasteiger partial charge in [0.2, 0.25) is 0 Å². The molecule has 27 heavy (non-hydrogen) atoms. The number of aliphatic hydroxyl groups is 1. The van der Waals surface area contributed by atoms with E-state index in [1.807, 2.05) is 31.3 Å². The van der Waals surface area contributed by atoms with Crippen LogP contribution in [0.5, 0.6) is 5.88 Å². The van der Waals surface area contributed by atoms with E-state index in [2.05, 4.69) is 10.3 Å². The highest BCUT2D eigenvalue weighted by molar-refractivity contribution is 5.91. The van der Waals surface area contributed by atoms with Gasteiger partial charge in [0, 0.05) is 22.5 Å². The second kappa shape index (κ2) is 5.65. The molecule has 1 saturated carbocycles. The van der Waals surface area contributed by atoms with Crippen molar-refractivity contribution in [3.8, 4) is 22.8 Å². The molecule has 2 aromatic carbocycles. The van der Waals surface area contributed by atoms with Crippen LogP contribution in [-0.2, 0) is 0 Å². The highest BCUT2D eigenvalue weighted by Gasteiger charge is 2.38. The van der Waals surface area contributed by atoms with Crippen molar-refractivity contribution in [1.82, 2.24) is 19.6 Å². The van der Waals surface area contributed by atoms with Gasteiger partial charge in [-0.15, -0.1) is 5.10 Å². The molecule has 0 radical (unpaired) electrons. The van der Waals surface area contributed by atoms with Crippen LogP contribution in [0, 0.1) is 12.7 Å². The summed E-state index contributed by atoms with van der Waals surface area (Å²) in [5, 5.41) is 30.0. The van der Waals surface area contributed by atoms with Gasteiger partial charge in [-0.1, -0.05) is 23.4 Å². The average molecular weight is 364 g/mol. The first kappa shape index (κ1) is 16.0. The second-order valence-corrected chi connectivity index (χ2v) is 6.92. The monoisotopic (exact) mass is 364 g/mol. The Morgan fingerprint density at radius 2 is 1.96 bits per heavy atom. The summed E-state index contributed by atoms with van der Waals surface area (Å²) in [7, 11) is 0. The van der Waals surface area contributed by atoms with Crippen molar-refractivity contribution in [2.24, 2.45) is 0 Å². The third-order valence-corrected chi connectivity index (χ3v) is 5.15. The Hall–Kier alpha value is -3.19. The molecule has 7 heteroatoms.